The van der Waals surface area contributed by atoms with Crippen LogP contribution in [0.2, 0.25) is 0 Å². The summed E-state index contributed by atoms with van der Waals surface area (Å²) >= 11 is 0. The van der Waals surface area contributed by atoms with E-state index in [0.29, 0.717) is 26.0 Å². The van der Waals surface area contributed by atoms with Crippen LogP contribution in [0.15, 0.2) is 64.8 Å². The first-order valence-corrected chi connectivity index (χ1v) is 21.1. The van der Waals surface area contributed by atoms with E-state index < -0.39 is 15.8 Å². The minimum Gasteiger partial charge on any atom is -0.465 e. The number of esters is 2. The number of hydrogen-bond donors (Lipinski definition) is 0. The lowest BCUT2D eigenvalue weighted by Crippen LogP contribution is -2.39. The highest BCUT2D eigenvalue weighted by Gasteiger charge is 2.43. The van der Waals surface area contributed by atoms with E-state index in [2.05, 4.69) is 29.0 Å². The van der Waals surface area contributed by atoms with Crippen molar-refractivity contribution in [3.05, 3.63) is 64.7 Å². The normalized spacial score (nSPS) is 12.4. The molecule has 2 aromatic rings. The zero-order valence-corrected chi connectivity index (χ0v) is 35.5. The number of nitro groups is 1. The Morgan fingerprint density at radius 3 is 1.55 bits per heavy atom. The average Bonchev–Trinajstić information content (AvgIpc) is 3.17. The van der Waals surface area contributed by atoms with Crippen LogP contribution in [0.5, 0.6) is 0 Å². The Bertz CT molecular complexity index is 1330. The van der Waals surface area contributed by atoms with Gasteiger partial charge in [-0.15, -0.1) is 0 Å². The van der Waals surface area contributed by atoms with Gasteiger partial charge in [0, 0.05) is 17.2 Å². The fourth-order valence-electron chi connectivity index (χ4n) is 6.63. The Labute approximate surface area is 333 Å². The molecule has 310 valence electrons. The van der Waals surface area contributed by atoms with Crippen LogP contribution >= 0.6 is 0 Å². The Balaban J connectivity index is 0.00000359. The van der Waals surface area contributed by atoms with Gasteiger partial charge < -0.3 is 14.4 Å². The first kappa shape index (κ1) is 49.2. The summed E-state index contributed by atoms with van der Waals surface area (Å²) in [5.41, 5.74) is 1.04. The monoisotopic (exact) mass is 767 g/mol. The maximum absolute atomic E-state index is 13.2. The van der Waals surface area contributed by atoms with E-state index in [-0.39, 0.29) is 18.5 Å². The van der Waals surface area contributed by atoms with Crippen LogP contribution in [0.25, 0.3) is 0 Å². The van der Waals surface area contributed by atoms with Crippen LogP contribution in [0.1, 0.15) is 157 Å². The molecule has 0 aliphatic rings. The third kappa shape index (κ3) is 23.0. The molecule has 0 saturated heterocycles. The van der Waals surface area contributed by atoms with Crippen molar-refractivity contribution in [3.8, 4) is 0 Å². The highest BCUT2D eigenvalue weighted by atomic mass is 16.6. The van der Waals surface area contributed by atoms with Crippen molar-refractivity contribution in [1.29, 1.82) is 0 Å². The molecule has 10 nitrogen and oxygen atoms in total. The molecule has 0 heterocycles. The van der Waals surface area contributed by atoms with E-state index in [1.807, 2.05) is 82.3 Å². The molecule has 0 aliphatic carbocycles. The zero-order valence-electron chi connectivity index (χ0n) is 35.5. The number of anilines is 1. The Kier molecular flexibility index (Phi) is 26.4. The quantitative estimate of drug-likeness (QED) is 0.0265. The molecule has 10 heteroatoms. The van der Waals surface area contributed by atoms with Gasteiger partial charge in [0.25, 0.3) is 0 Å². The topological polar surface area (TPSA) is 124 Å². The van der Waals surface area contributed by atoms with Crippen molar-refractivity contribution in [2.75, 3.05) is 38.3 Å². The maximum atomic E-state index is 13.2. The standard InChI is InChI=1S/C44H71N3O4.CH3NO2/c1-7-10-11-12-13-14-15-16-17-18-19-20-21-22-23-27-35-50-42(49)44(6,8-2)37-43(4,5)41(48)51-36-34-47(9-3)40-32-30-39(31-33-40)46-45-38-28-25-24-26-29-38;1-2(3)4/h24-26,28-33H,7-23,27,34-37H2,1-6H3;1H3. The minimum atomic E-state index is -0.819. The number of azo groups is 1. The van der Waals surface area contributed by atoms with Gasteiger partial charge in [-0.25, -0.2) is 0 Å². The lowest BCUT2D eigenvalue weighted by atomic mass is 9.72. The summed E-state index contributed by atoms with van der Waals surface area (Å²) in [6, 6.07) is 17.5. The van der Waals surface area contributed by atoms with Gasteiger partial charge in [-0.1, -0.05) is 128 Å². The molecular weight excluding hydrogens is 693 g/mol. The number of hydrogen-bond acceptors (Lipinski definition) is 9. The van der Waals surface area contributed by atoms with Crippen molar-refractivity contribution in [2.24, 2.45) is 21.1 Å². The van der Waals surface area contributed by atoms with Crippen LogP contribution in [-0.2, 0) is 19.1 Å². The van der Waals surface area contributed by atoms with E-state index in [4.69, 9.17) is 19.6 Å². The summed E-state index contributed by atoms with van der Waals surface area (Å²) in [5.74, 6) is -0.503. The fourth-order valence-corrected chi connectivity index (χ4v) is 6.63. The van der Waals surface area contributed by atoms with E-state index in [1.165, 1.54) is 89.9 Å². The maximum Gasteiger partial charge on any atom is 0.311 e. The predicted molar refractivity (Wildman–Crippen MR) is 226 cm³/mol. The van der Waals surface area contributed by atoms with Crippen LogP contribution < -0.4 is 4.90 Å². The molecule has 0 fully saturated rings. The van der Waals surface area contributed by atoms with Gasteiger partial charge in [-0.05, 0) is 83.4 Å². The molecular formula is C45H74N4O6. The largest absolute Gasteiger partial charge is 0.465 e. The van der Waals surface area contributed by atoms with Crippen LogP contribution in [0.4, 0.5) is 17.1 Å². The third-order valence-corrected chi connectivity index (χ3v) is 10.1. The Morgan fingerprint density at radius 2 is 1.09 bits per heavy atom. The predicted octanol–water partition coefficient (Wildman–Crippen LogP) is 13.0. The minimum absolute atomic E-state index is 0.212. The lowest BCUT2D eigenvalue weighted by molar-refractivity contribution is -0.445. The molecule has 1 atom stereocenters. The summed E-state index contributed by atoms with van der Waals surface area (Å²) in [6.45, 7) is 14.0. The number of ether oxygens (including phenoxy) is 2. The van der Waals surface area contributed by atoms with Gasteiger partial charge in [-0.2, -0.15) is 10.2 Å². The van der Waals surface area contributed by atoms with E-state index in [0.717, 1.165) is 43.5 Å². The fraction of sp³-hybridized carbons (Fsp3) is 0.689. The van der Waals surface area contributed by atoms with E-state index in [9.17, 15) is 9.59 Å². The molecule has 0 radical (unpaired) electrons. The summed E-state index contributed by atoms with van der Waals surface area (Å²) in [5, 5.41) is 17.4. The number of carbonyl (C=O) groups excluding carboxylic acids is 2. The molecule has 2 aromatic carbocycles. The zero-order chi connectivity index (χ0) is 40.8. The molecule has 0 bridgehead atoms. The molecule has 0 saturated carbocycles. The highest BCUT2D eigenvalue weighted by molar-refractivity contribution is 5.80. The number of unbranched alkanes of at least 4 members (excludes halogenated alkanes) is 15. The average molecular weight is 767 g/mol. The first-order chi connectivity index (χ1) is 26.4. The van der Waals surface area contributed by atoms with Gasteiger partial charge in [0.2, 0.25) is 0 Å². The van der Waals surface area contributed by atoms with Crippen molar-refractivity contribution in [1.82, 2.24) is 0 Å². The Morgan fingerprint density at radius 1 is 0.655 bits per heavy atom. The van der Waals surface area contributed by atoms with Crippen LogP contribution in [-0.4, -0.2) is 50.2 Å². The van der Waals surface area contributed by atoms with Gasteiger partial charge >= 0.3 is 11.9 Å². The molecule has 0 spiro atoms. The Hall–Kier alpha value is -3.82. The summed E-state index contributed by atoms with van der Waals surface area (Å²) in [4.78, 5) is 36.9. The molecule has 0 aromatic heterocycles. The second kappa shape index (κ2) is 29.5. The number of likely N-dealkylation sites (N-methyl/N-ethyl adjacent to an activating group) is 1. The summed E-state index contributed by atoms with van der Waals surface area (Å²) < 4.78 is 11.5. The van der Waals surface area contributed by atoms with Crippen molar-refractivity contribution in [3.63, 3.8) is 0 Å². The van der Waals surface area contributed by atoms with Crippen LogP contribution in [0, 0.1) is 20.9 Å². The third-order valence-electron chi connectivity index (χ3n) is 10.1. The molecule has 0 N–H and O–H groups in total. The summed E-state index contributed by atoms with van der Waals surface area (Å²) in [7, 11) is 0.889. The molecule has 2 rings (SSSR count). The van der Waals surface area contributed by atoms with Crippen molar-refractivity contribution < 1.29 is 24.0 Å². The molecule has 55 heavy (non-hydrogen) atoms. The summed E-state index contributed by atoms with van der Waals surface area (Å²) in [6.07, 6.45) is 22.0. The van der Waals surface area contributed by atoms with Gasteiger partial charge in [0.1, 0.15) is 6.61 Å². The lowest BCUT2D eigenvalue weighted by Gasteiger charge is -2.34. The number of carbonyl (C=O) groups is 2. The van der Waals surface area contributed by atoms with Gasteiger partial charge in [-0.3, -0.25) is 19.7 Å². The molecule has 0 aliphatic heterocycles. The second-order valence-electron chi connectivity index (χ2n) is 15.6. The van der Waals surface area contributed by atoms with Gasteiger partial charge in [0.05, 0.1) is 35.4 Å². The molecule has 0 amide bonds. The second-order valence-corrected chi connectivity index (χ2v) is 15.6. The first-order valence-electron chi connectivity index (χ1n) is 21.1. The van der Waals surface area contributed by atoms with Crippen molar-refractivity contribution >= 4 is 29.0 Å². The molecule has 1 unspecified atom stereocenters. The van der Waals surface area contributed by atoms with E-state index in [1.54, 1.807) is 0 Å². The van der Waals surface area contributed by atoms with Crippen LogP contribution in [0.3, 0.4) is 0 Å². The van der Waals surface area contributed by atoms with E-state index >= 15 is 0 Å². The SMILES string of the molecule is CCCCCCCCCCCCCCCCCCOC(=O)C(C)(CC)CC(C)(C)C(=O)OCCN(CC)c1ccc(N=Nc2ccccc2)cc1.C[N+](=O)[O-]. The smallest absolute Gasteiger partial charge is 0.311 e. The number of benzene rings is 2. The van der Waals surface area contributed by atoms with Crippen molar-refractivity contribution in [2.45, 2.75) is 157 Å². The highest BCUT2D eigenvalue weighted by Crippen LogP contribution is 2.38. The van der Waals surface area contributed by atoms with Gasteiger partial charge in [0.15, 0.2) is 7.05 Å². The number of rotatable bonds is 29. The number of nitrogens with zero attached hydrogens (tertiary/aromatic N) is 4.